The van der Waals surface area contributed by atoms with E-state index in [0.29, 0.717) is 18.4 Å². The van der Waals surface area contributed by atoms with Gasteiger partial charge in [-0.25, -0.2) is 4.79 Å². The van der Waals surface area contributed by atoms with E-state index in [1.54, 1.807) is 0 Å². The standard InChI is InChI=1S/C17H19ClN4O2/c18-13-5-3-12(4-6-13)17(7-8-17)10-20-16(23)19-9-14-21-15(22-24-14)11-1-2-11/h3-6,11H,1-2,7-10H2,(H2,19,20,23). The highest BCUT2D eigenvalue weighted by molar-refractivity contribution is 6.30. The van der Waals surface area contributed by atoms with Crippen LogP contribution in [0.25, 0.3) is 0 Å². The van der Waals surface area contributed by atoms with Gasteiger partial charge in [-0.2, -0.15) is 4.98 Å². The minimum Gasteiger partial charge on any atom is -0.337 e. The van der Waals surface area contributed by atoms with Crippen LogP contribution in [-0.2, 0) is 12.0 Å². The SMILES string of the molecule is O=C(NCc1nc(C2CC2)no1)NCC1(c2ccc(Cl)cc2)CC1. The van der Waals surface area contributed by atoms with Crippen molar-refractivity contribution in [2.75, 3.05) is 6.54 Å². The number of nitrogens with one attached hydrogen (secondary N) is 2. The van der Waals surface area contributed by atoms with Gasteiger partial charge in [0.05, 0.1) is 6.54 Å². The zero-order valence-corrected chi connectivity index (χ0v) is 14.0. The van der Waals surface area contributed by atoms with Crippen molar-refractivity contribution in [1.29, 1.82) is 0 Å². The quantitative estimate of drug-likeness (QED) is 0.842. The van der Waals surface area contributed by atoms with Crippen molar-refractivity contribution in [3.8, 4) is 0 Å². The minimum atomic E-state index is -0.221. The maximum Gasteiger partial charge on any atom is 0.315 e. The molecule has 0 unspecified atom stereocenters. The number of halogens is 1. The van der Waals surface area contributed by atoms with E-state index in [-0.39, 0.29) is 18.0 Å². The van der Waals surface area contributed by atoms with E-state index >= 15 is 0 Å². The van der Waals surface area contributed by atoms with Crippen molar-refractivity contribution in [1.82, 2.24) is 20.8 Å². The molecule has 0 spiro atoms. The highest BCUT2D eigenvalue weighted by Gasteiger charge is 2.44. The van der Waals surface area contributed by atoms with E-state index < -0.39 is 0 Å². The van der Waals surface area contributed by atoms with Crippen molar-refractivity contribution >= 4 is 17.6 Å². The Morgan fingerprint density at radius 3 is 2.67 bits per heavy atom. The monoisotopic (exact) mass is 346 g/mol. The molecule has 2 fully saturated rings. The molecule has 2 aliphatic rings. The number of benzene rings is 1. The summed E-state index contributed by atoms with van der Waals surface area (Å²) in [6.07, 6.45) is 4.39. The molecular weight excluding hydrogens is 328 g/mol. The van der Waals surface area contributed by atoms with Gasteiger partial charge in [0, 0.05) is 22.9 Å². The van der Waals surface area contributed by atoms with Crippen LogP contribution in [0.4, 0.5) is 4.79 Å². The molecule has 2 N–H and O–H groups in total. The minimum absolute atomic E-state index is 0.0472. The Morgan fingerprint density at radius 2 is 2.00 bits per heavy atom. The van der Waals surface area contributed by atoms with Crippen LogP contribution < -0.4 is 10.6 Å². The molecule has 0 radical (unpaired) electrons. The van der Waals surface area contributed by atoms with Crippen LogP contribution in [0, 0.1) is 0 Å². The van der Waals surface area contributed by atoms with E-state index in [4.69, 9.17) is 16.1 Å². The lowest BCUT2D eigenvalue weighted by Crippen LogP contribution is -2.39. The summed E-state index contributed by atoms with van der Waals surface area (Å²) in [7, 11) is 0. The first-order valence-electron chi connectivity index (χ1n) is 8.25. The Bertz CT molecular complexity index is 735. The molecule has 0 aliphatic heterocycles. The lowest BCUT2D eigenvalue weighted by molar-refractivity contribution is 0.237. The average Bonchev–Trinajstić information content (AvgIpc) is 3.51. The summed E-state index contributed by atoms with van der Waals surface area (Å²) in [5.74, 6) is 1.66. The van der Waals surface area contributed by atoms with E-state index in [9.17, 15) is 4.79 Å². The number of urea groups is 1. The van der Waals surface area contributed by atoms with E-state index in [1.165, 1.54) is 5.56 Å². The van der Waals surface area contributed by atoms with Crippen LogP contribution in [0.2, 0.25) is 5.02 Å². The van der Waals surface area contributed by atoms with Crippen LogP contribution in [0.5, 0.6) is 0 Å². The highest BCUT2D eigenvalue weighted by Crippen LogP contribution is 2.47. The zero-order valence-electron chi connectivity index (χ0n) is 13.2. The molecular formula is C17H19ClN4O2. The second-order valence-corrected chi connectivity index (χ2v) is 7.08. The van der Waals surface area contributed by atoms with Gasteiger partial charge in [0.25, 0.3) is 0 Å². The number of aromatic nitrogens is 2. The van der Waals surface area contributed by atoms with Gasteiger partial charge in [-0.3, -0.25) is 0 Å². The lowest BCUT2D eigenvalue weighted by atomic mass is 9.96. The topological polar surface area (TPSA) is 80.1 Å². The van der Waals surface area contributed by atoms with Gasteiger partial charge in [-0.05, 0) is 43.4 Å². The Kier molecular flexibility index (Phi) is 3.92. The van der Waals surface area contributed by atoms with Crippen LogP contribution in [0.1, 0.15) is 48.9 Å². The first-order valence-corrected chi connectivity index (χ1v) is 8.63. The third-order valence-corrected chi connectivity index (χ3v) is 4.98. The Hall–Kier alpha value is -2.08. The molecule has 1 heterocycles. The smallest absolute Gasteiger partial charge is 0.315 e. The molecule has 2 amide bonds. The number of hydrogen-bond acceptors (Lipinski definition) is 4. The molecule has 2 aliphatic carbocycles. The van der Waals surface area contributed by atoms with E-state index in [1.807, 2.05) is 24.3 Å². The Balaban J connectivity index is 1.26. The molecule has 2 saturated carbocycles. The maximum absolute atomic E-state index is 12.0. The second kappa shape index (κ2) is 6.09. The van der Waals surface area contributed by atoms with Gasteiger partial charge in [0.15, 0.2) is 5.82 Å². The fourth-order valence-electron chi connectivity index (χ4n) is 2.84. The first kappa shape index (κ1) is 15.4. The summed E-state index contributed by atoms with van der Waals surface area (Å²) in [6.45, 7) is 0.858. The molecule has 7 heteroatoms. The predicted octanol–water partition coefficient (Wildman–Crippen LogP) is 3.13. The number of nitrogens with zero attached hydrogens (tertiary/aromatic N) is 2. The van der Waals surface area contributed by atoms with Gasteiger partial charge in [-0.1, -0.05) is 28.9 Å². The molecule has 0 atom stereocenters. The van der Waals surface area contributed by atoms with Gasteiger partial charge >= 0.3 is 6.03 Å². The maximum atomic E-state index is 12.0. The predicted molar refractivity (Wildman–Crippen MR) is 88.9 cm³/mol. The summed E-state index contributed by atoms with van der Waals surface area (Å²) < 4.78 is 5.14. The Morgan fingerprint density at radius 1 is 1.25 bits per heavy atom. The van der Waals surface area contributed by atoms with Gasteiger partial charge in [-0.15, -0.1) is 0 Å². The summed E-state index contributed by atoms with van der Waals surface area (Å²) in [6, 6.07) is 7.63. The molecule has 1 aromatic heterocycles. The second-order valence-electron chi connectivity index (χ2n) is 6.64. The summed E-state index contributed by atoms with van der Waals surface area (Å²) >= 11 is 5.93. The van der Waals surface area contributed by atoms with Crippen molar-refractivity contribution in [3.05, 3.63) is 46.6 Å². The third-order valence-electron chi connectivity index (χ3n) is 4.72. The number of carbonyl (C=O) groups excluding carboxylic acids is 1. The molecule has 24 heavy (non-hydrogen) atoms. The van der Waals surface area contributed by atoms with Crippen molar-refractivity contribution < 1.29 is 9.32 Å². The molecule has 126 valence electrons. The molecule has 4 rings (SSSR count). The van der Waals surface area contributed by atoms with Crippen LogP contribution in [0.3, 0.4) is 0 Å². The number of carbonyl (C=O) groups is 1. The number of hydrogen-bond donors (Lipinski definition) is 2. The molecule has 1 aromatic carbocycles. The third kappa shape index (κ3) is 3.38. The molecule has 6 nitrogen and oxygen atoms in total. The fourth-order valence-corrected chi connectivity index (χ4v) is 2.96. The largest absolute Gasteiger partial charge is 0.337 e. The number of rotatable bonds is 6. The van der Waals surface area contributed by atoms with Gasteiger partial charge in [0.2, 0.25) is 5.89 Å². The summed E-state index contributed by atoms with van der Waals surface area (Å²) in [5, 5.41) is 10.4. The normalized spacial score (nSPS) is 18.2. The molecule has 0 saturated heterocycles. The van der Waals surface area contributed by atoms with Crippen molar-refractivity contribution in [2.24, 2.45) is 0 Å². The molecule has 2 aromatic rings. The van der Waals surface area contributed by atoms with Crippen LogP contribution in [0.15, 0.2) is 28.8 Å². The van der Waals surface area contributed by atoms with E-state index in [2.05, 4.69) is 20.8 Å². The Labute approximate surface area is 145 Å². The van der Waals surface area contributed by atoms with Crippen LogP contribution >= 0.6 is 11.6 Å². The highest BCUT2D eigenvalue weighted by atomic mass is 35.5. The summed E-state index contributed by atoms with van der Waals surface area (Å²) in [4.78, 5) is 16.3. The lowest BCUT2D eigenvalue weighted by Gasteiger charge is -2.16. The van der Waals surface area contributed by atoms with E-state index in [0.717, 1.165) is 36.5 Å². The van der Waals surface area contributed by atoms with Gasteiger partial charge < -0.3 is 15.2 Å². The number of amides is 2. The zero-order chi connectivity index (χ0) is 16.6. The fraction of sp³-hybridized carbons (Fsp3) is 0.471. The molecule has 0 bridgehead atoms. The van der Waals surface area contributed by atoms with Gasteiger partial charge in [0.1, 0.15) is 0 Å². The average molecular weight is 347 g/mol. The summed E-state index contributed by atoms with van der Waals surface area (Å²) in [5.41, 5.74) is 1.27. The first-order chi connectivity index (χ1) is 11.6. The van der Waals surface area contributed by atoms with Crippen LogP contribution in [-0.4, -0.2) is 22.7 Å². The van der Waals surface area contributed by atoms with Crippen molar-refractivity contribution in [3.63, 3.8) is 0 Å². The van der Waals surface area contributed by atoms with Crippen molar-refractivity contribution in [2.45, 2.75) is 43.6 Å².